The Morgan fingerprint density at radius 1 is 0.815 bits per heavy atom. The molecule has 0 unspecified atom stereocenters. The van der Waals surface area contributed by atoms with Crippen LogP contribution < -0.4 is 0 Å². The molecule has 0 saturated carbocycles. The van der Waals surface area contributed by atoms with Crippen LogP contribution in [0, 0.1) is 13.8 Å². The lowest BCUT2D eigenvalue weighted by atomic mass is 9.96. The highest BCUT2D eigenvalue weighted by Gasteiger charge is 2.22. The summed E-state index contributed by atoms with van der Waals surface area (Å²) < 4.78 is 5.81. The smallest absolute Gasteiger partial charge is 0.137 e. The molecule has 1 nitrogen and oxygen atoms in total. The molecule has 1 heterocycles. The number of fused-ring (bicyclic) bond motifs is 3. The highest BCUT2D eigenvalue weighted by atomic mass is 16.3. The van der Waals surface area contributed by atoms with E-state index in [0.717, 1.165) is 18.6 Å². The Bertz CT molecular complexity index is 1150. The third-order valence-corrected chi connectivity index (χ3v) is 6.43. The molecule has 5 rings (SSSR count). The Balaban J connectivity index is 1.53. The molecule has 0 N–H and O–H groups in total. The molecule has 27 heavy (non-hydrogen) atoms. The molecule has 0 fully saturated rings. The number of furan rings is 1. The number of aryl methyl sites for hydroxylation is 1. The van der Waals surface area contributed by atoms with Crippen molar-refractivity contribution in [1.29, 1.82) is 0 Å². The van der Waals surface area contributed by atoms with Gasteiger partial charge in [0.15, 0.2) is 0 Å². The largest absolute Gasteiger partial charge is 0.464 e. The maximum atomic E-state index is 5.81. The third kappa shape index (κ3) is 2.45. The van der Waals surface area contributed by atoms with Gasteiger partial charge in [0.1, 0.15) is 5.76 Å². The van der Waals surface area contributed by atoms with E-state index in [1.165, 1.54) is 61.2 Å². The summed E-state index contributed by atoms with van der Waals surface area (Å²) in [6.45, 7) is 8.70. The summed E-state index contributed by atoms with van der Waals surface area (Å²) in [6, 6.07) is 13.8. The van der Waals surface area contributed by atoms with E-state index in [1.54, 1.807) is 0 Å². The van der Waals surface area contributed by atoms with Crippen molar-refractivity contribution in [2.45, 2.75) is 40.5 Å². The van der Waals surface area contributed by atoms with Crippen molar-refractivity contribution >= 4 is 5.57 Å². The summed E-state index contributed by atoms with van der Waals surface area (Å²) >= 11 is 0. The Kier molecular flexibility index (Phi) is 3.55. The van der Waals surface area contributed by atoms with Crippen LogP contribution in [-0.2, 0) is 6.42 Å². The number of benzene rings is 2. The molecule has 1 aromatic heterocycles. The molecule has 3 aromatic rings. The van der Waals surface area contributed by atoms with Crippen LogP contribution in [0.3, 0.4) is 0 Å². The van der Waals surface area contributed by atoms with E-state index in [4.69, 9.17) is 4.42 Å². The number of hydrogen-bond acceptors (Lipinski definition) is 1. The fraction of sp³-hybridized carbons (Fsp3) is 0.231. The van der Waals surface area contributed by atoms with Crippen LogP contribution in [-0.4, -0.2) is 0 Å². The van der Waals surface area contributed by atoms with E-state index in [2.05, 4.69) is 70.2 Å². The van der Waals surface area contributed by atoms with Gasteiger partial charge in [0.05, 0.1) is 6.26 Å². The van der Waals surface area contributed by atoms with Gasteiger partial charge in [-0.1, -0.05) is 42.0 Å². The van der Waals surface area contributed by atoms with Crippen LogP contribution in [0.5, 0.6) is 0 Å². The van der Waals surface area contributed by atoms with Crippen LogP contribution in [0.4, 0.5) is 0 Å². The van der Waals surface area contributed by atoms with Gasteiger partial charge >= 0.3 is 0 Å². The van der Waals surface area contributed by atoms with Gasteiger partial charge in [-0.15, -0.1) is 0 Å². The van der Waals surface area contributed by atoms with E-state index in [9.17, 15) is 0 Å². The highest BCUT2D eigenvalue weighted by Crippen LogP contribution is 2.42. The van der Waals surface area contributed by atoms with Crippen molar-refractivity contribution in [1.82, 2.24) is 0 Å². The Morgan fingerprint density at radius 3 is 2.07 bits per heavy atom. The normalized spacial score (nSPS) is 15.2. The maximum absolute atomic E-state index is 5.81. The van der Waals surface area contributed by atoms with Gasteiger partial charge in [-0.25, -0.2) is 0 Å². The number of rotatable bonds is 2. The van der Waals surface area contributed by atoms with E-state index in [0.29, 0.717) is 0 Å². The molecule has 0 bridgehead atoms. The fourth-order valence-electron chi connectivity index (χ4n) is 4.46. The monoisotopic (exact) mass is 352 g/mol. The second kappa shape index (κ2) is 5.85. The Morgan fingerprint density at radius 2 is 1.48 bits per heavy atom. The van der Waals surface area contributed by atoms with Crippen molar-refractivity contribution in [2.24, 2.45) is 0 Å². The fourth-order valence-corrected chi connectivity index (χ4v) is 4.46. The molecule has 2 aliphatic carbocycles. The molecule has 0 spiro atoms. The summed E-state index contributed by atoms with van der Waals surface area (Å²) in [5.41, 5.74) is 14.9. The average Bonchev–Trinajstić information content (AvgIpc) is 3.31. The predicted octanol–water partition coefficient (Wildman–Crippen LogP) is 7.26. The van der Waals surface area contributed by atoms with Gasteiger partial charge in [-0.05, 0) is 96.7 Å². The lowest BCUT2D eigenvalue weighted by molar-refractivity contribution is 0.579. The van der Waals surface area contributed by atoms with Crippen LogP contribution in [0.1, 0.15) is 48.1 Å². The van der Waals surface area contributed by atoms with Crippen molar-refractivity contribution in [2.75, 3.05) is 0 Å². The van der Waals surface area contributed by atoms with Gasteiger partial charge in [-0.3, -0.25) is 0 Å². The minimum Gasteiger partial charge on any atom is -0.464 e. The number of hydrogen-bond donors (Lipinski definition) is 0. The first-order valence-electron chi connectivity index (χ1n) is 9.71. The van der Waals surface area contributed by atoms with Crippen molar-refractivity contribution in [3.63, 3.8) is 0 Å². The topological polar surface area (TPSA) is 13.1 Å². The maximum Gasteiger partial charge on any atom is 0.137 e. The molecule has 2 aliphatic rings. The molecule has 0 saturated heterocycles. The van der Waals surface area contributed by atoms with Crippen LogP contribution >= 0.6 is 0 Å². The standard InChI is InChI=1S/C26H24O/c1-15-5-8-23(17(15)3)19-6-9-24-21(11-19)13-22-12-20(7-10-25(22)24)26-18(4)16(2)14-27-26/h5-7,9-12,14H,8,13H2,1-4H3. The molecular weight excluding hydrogens is 328 g/mol. The molecular formula is C26H24O. The minimum absolute atomic E-state index is 1.00. The zero-order valence-electron chi connectivity index (χ0n) is 16.4. The second-order valence-electron chi connectivity index (χ2n) is 7.99. The van der Waals surface area contributed by atoms with Gasteiger partial charge in [-0.2, -0.15) is 0 Å². The first kappa shape index (κ1) is 16.4. The molecule has 0 aliphatic heterocycles. The molecule has 134 valence electrons. The minimum atomic E-state index is 1.00. The third-order valence-electron chi connectivity index (χ3n) is 6.43. The van der Waals surface area contributed by atoms with Gasteiger partial charge in [0.25, 0.3) is 0 Å². The summed E-state index contributed by atoms with van der Waals surface area (Å²) in [4.78, 5) is 0. The SMILES string of the molecule is CC1=CCC(c2ccc3c(c2)Cc2cc(-c4occ(C)c4C)ccc2-3)=C1C. The molecule has 0 atom stereocenters. The van der Waals surface area contributed by atoms with Crippen LogP contribution in [0.25, 0.3) is 28.0 Å². The quantitative estimate of drug-likeness (QED) is 0.370. The van der Waals surface area contributed by atoms with Crippen LogP contribution in [0.2, 0.25) is 0 Å². The van der Waals surface area contributed by atoms with E-state index in [-0.39, 0.29) is 0 Å². The lowest BCUT2D eigenvalue weighted by Crippen LogP contribution is -1.88. The zero-order valence-corrected chi connectivity index (χ0v) is 16.4. The lowest BCUT2D eigenvalue weighted by Gasteiger charge is -2.09. The zero-order chi connectivity index (χ0) is 18.7. The summed E-state index contributed by atoms with van der Waals surface area (Å²) in [5.74, 6) is 1.00. The molecule has 2 aromatic carbocycles. The van der Waals surface area contributed by atoms with Crippen molar-refractivity contribution in [3.05, 3.63) is 87.7 Å². The van der Waals surface area contributed by atoms with Gasteiger partial charge < -0.3 is 4.42 Å². The summed E-state index contributed by atoms with van der Waals surface area (Å²) in [5, 5.41) is 0. The molecule has 1 heteroatoms. The van der Waals surface area contributed by atoms with Gasteiger partial charge in [0.2, 0.25) is 0 Å². The highest BCUT2D eigenvalue weighted by molar-refractivity contribution is 5.83. The average molecular weight is 352 g/mol. The first-order valence-corrected chi connectivity index (χ1v) is 9.71. The van der Waals surface area contributed by atoms with E-state index in [1.807, 2.05) is 6.26 Å². The Hall–Kier alpha value is -2.80. The van der Waals surface area contributed by atoms with Crippen molar-refractivity contribution < 1.29 is 4.42 Å². The summed E-state index contributed by atoms with van der Waals surface area (Å²) in [7, 11) is 0. The van der Waals surface area contributed by atoms with Crippen molar-refractivity contribution in [3.8, 4) is 22.5 Å². The molecule has 0 amide bonds. The molecule has 0 radical (unpaired) electrons. The summed E-state index contributed by atoms with van der Waals surface area (Å²) in [6.07, 6.45) is 6.26. The van der Waals surface area contributed by atoms with Crippen LogP contribution in [0.15, 0.2) is 64.3 Å². The second-order valence-corrected chi connectivity index (χ2v) is 7.99. The van der Waals surface area contributed by atoms with E-state index < -0.39 is 0 Å². The number of allylic oxidation sites excluding steroid dienone is 4. The van der Waals surface area contributed by atoms with Gasteiger partial charge in [0, 0.05) is 5.56 Å². The first-order chi connectivity index (χ1) is 13.0. The Labute approximate surface area is 161 Å². The predicted molar refractivity (Wildman–Crippen MR) is 113 cm³/mol. The van der Waals surface area contributed by atoms with E-state index >= 15 is 0 Å².